The van der Waals surface area contributed by atoms with Crippen molar-refractivity contribution < 1.29 is 13.6 Å². The summed E-state index contributed by atoms with van der Waals surface area (Å²) in [5, 5.41) is 1.82. The van der Waals surface area contributed by atoms with Crippen LogP contribution in [0.25, 0.3) is 0 Å². The molecule has 0 unspecified atom stereocenters. The monoisotopic (exact) mass is 316 g/mol. The van der Waals surface area contributed by atoms with Gasteiger partial charge in [0.1, 0.15) is 11.6 Å². The molecule has 1 nitrogen and oxygen atoms in total. The first kappa shape index (κ1) is 12.4. The van der Waals surface area contributed by atoms with Crippen molar-refractivity contribution in [3.05, 3.63) is 56.2 Å². The lowest BCUT2D eigenvalue weighted by molar-refractivity contribution is 0.0985. The van der Waals surface area contributed by atoms with E-state index in [9.17, 15) is 13.6 Å². The summed E-state index contributed by atoms with van der Waals surface area (Å²) in [7, 11) is 0. The van der Waals surface area contributed by atoms with Gasteiger partial charge in [-0.15, -0.1) is 11.3 Å². The third-order valence-corrected chi connectivity index (χ3v) is 3.53. The molecule has 0 N–H and O–H groups in total. The van der Waals surface area contributed by atoms with Gasteiger partial charge in [-0.1, -0.05) is 22.0 Å². The summed E-state index contributed by atoms with van der Waals surface area (Å²) in [6.45, 7) is 0. The van der Waals surface area contributed by atoms with Crippen LogP contribution in [0.4, 0.5) is 8.78 Å². The quantitative estimate of drug-likeness (QED) is 0.775. The van der Waals surface area contributed by atoms with Gasteiger partial charge in [0.15, 0.2) is 5.78 Å². The standard InChI is InChI=1S/C12H7BrF2OS/c13-7-4-9(14)12(10(15)5-7)11(16)6-8-2-1-3-17-8/h1-5H,6H2. The molecule has 2 aromatic rings. The highest BCUT2D eigenvalue weighted by molar-refractivity contribution is 9.10. The van der Waals surface area contributed by atoms with Gasteiger partial charge in [-0.05, 0) is 23.6 Å². The van der Waals surface area contributed by atoms with Crippen molar-refractivity contribution in [2.75, 3.05) is 0 Å². The average Bonchev–Trinajstić information content (AvgIpc) is 2.68. The predicted octanol–water partition coefficient (Wildman–Crippen LogP) is 4.21. The van der Waals surface area contributed by atoms with Crippen LogP contribution in [0.3, 0.4) is 0 Å². The first-order chi connectivity index (χ1) is 8.08. The second kappa shape index (κ2) is 5.06. The largest absolute Gasteiger partial charge is 0.294 e. The molecule has 2 rings (SSSR count). The molecule has 0 bridgehead atoms. The van der Waals surface area contributed by atoms with E-state index >= 15 is 0 Å². The summed E-state index contributed by atoms with van der Waals surface area (Å²) >= 11 is 4.35. The van der Waals surface area contributed by atoms with E-state index in [0.29, 0.717) is 0 Å². The zero-order valence-electron chi connectivity index (χ0n) is 8.54. The van der Waals surface area contributed by atoms with Crippen molar-refractivity contribution >= 4 is 33.0 Å². The number of benzene rings is 1. The Bertz CT molecular complexity index is 529. The van der Waals surface area contributed by atoms with Gasteiger partial charge in [-0.2, -0.15) is 0 Å². The molecule has 88 valence electrons. The van der Waals surface area contributed by atoms with Gasteiger partial charge in [0.05, 0.1) is 5.56 Å². The molecule has 0 aliphatic carbocycles. The average molecular weight is 317 g/mol. The van der Waals surface area contributed by atoms with E-state index in [1.807, 2.05) is 5.38 Å². The molecular weight excluding hydrogens is 310 g/mol. The fraction of sp³-hybridized carbons (Fsp3) is 0.0833. The van der Waals surface area contributed by atoms with Crippen LogP contribution in [-0.2, 0) is 6.42 Å². The second-order valence-corrected chi connectivity index (χ2v) is 5.37. The summed E-state index contributed by atoms with van der Waals surface area (Å²) in [5.41, 5.74) is -0.471. The van der Waals surface area contributed by atoms with Gasteiger partial charge >= 0.3 is 0 Å². The molecule has 0 spiro atoms. The van der Waals surface area contributed by atoms with Crippen LogP contribution in [-0.4, -0.2) is 5.78 Å². The minimum absolute atomic E-state index is 0.0210. The van der Waals surface area contributed by atoms with E-state index in [0.717, 1.165) is 17.0 Å². The van der Waals surface area contributed by atoms with Crippen LogP contribution in [0.15, 0.2) is 34.1 Å². The number of rotatable bonds is 3. The van der Waals surface area contributed by atoms with Gasteiger partial charge in [-0.3, -0.25) is 4.79 Å². The molecule has 0 aliphatic rings. The van der Waals surface area contributed by atoms with Crippen LogP contribution in [0.1, 0.15) is 15.2 Å². The molecule has 1 aromatic carbocycles. The van der Waals surface area contributed by atoms with Gasteiger partial charge in [-0.25, -0.2) is 8.78 Å². The summed E-state index contributed by atoms with van der Waals surface area (Å²) in [4.78, 5) is 12.6. The maximum Gasteiger partial charge on any atom is 0.173 e. The molecule has 0 radical (unpaired) electrons. The van der Waals surface area contributed by atoms with Crippen LogP contribution in [0, 0.1) is 11.6 Å². The Morgan fingerprint density at radius 2 is 1.94 bits per heavy atom. The summed E-state index contributed by atoms with van der Waals surface area (Å²) in [6.07, 6.45) is 0.0210. The third-order valence-electron chi connectivity index (χ3n) is 2.20. The van der Waals surface area contributed by atoms with Crippen LogP contribution in [0.5, 0.6) is 0 Å². The molecular formula is C12H7BrF2OS. The molecule has 1 aromatic heterocycles. The van der Waals surface area contributed by atoms with Crippen molar-refractivity contribution in [2.24, 2.45) is 0 Å². The molecule has 17 heavy (non-hydrogen) atoms. The van der Waals surface area contributed by atoms with E-state index in [2.05, 4.69) is 15.9 Å². The number of carbonyl (C=O) groups is 1. The van der Waals surface area contributed by atoms with Crippen molar-refractivity contribution in [1.29, 1.82) is 0 Å². The van der Waals surface area contributed by atoms with Crippen molar-refractivity contribution in [3.63, 3.8) is 0 Å². The van der Waals surface area contributed by atoms with Crippen LogP contribution in [0.2, 0.25) is 0 Å². The Morgan fingerprint density at radius 3 is 2.47 bits per heavy atom. The SMILES string of the molecule is O=C(Cc1cccs1)c1c(F)cc(Br)cc1F. The Morgan fingerprint density at radius 1 is 1.29 bits per heavy atom. The number of thiophene rings is 1. The van der Waals surface area contributed by atoms with Crippen LogP contribution < -0.4 is 0 Å². The highest BCUT2D eigenvalue weighted by Gasteiger charge is 2.18. The normalized spacial score (nSPS) is 10.5. The first-order valence-corrected chi connectivity index (χ1v) is 6.45. The summed E-state index contributed by atoms with van der Waals surface area (Å²) < 4.78 is 27.3. The lowest BCUT2D eigenvalue weighted by Gasteiger charge is -2.04. The van der Waals surface area contributed by atoms with E-state index in [1.54, 1.807) is 12.1 Å². The fourth-order valence-electron chi connectivity index (χ4n) is 1.47. The van der Waals surface area contributed by atoms with Gasteiger partial charge in [0.2, 0.25) is 0 Å². The van der Waals surface area contributed by atoms with E-state index in [4.69, 9.17) is 0 Å². The molecule has 0 fully saturated rings. The van der Waals surface area contributed by atoms with Gasteiger partial charge in [0.25, 0.3) is 0 Å². The van der Waals surface area contributed by atoms with E-state index < -0.39 is 23.0 Å². The van der Waals surface area contributed by atoms with Gasteiger partial charge in [0, 0.05) is 15.8 Å². The van der Waals surface area contributed by atoms with Crippen molar-refractivity contribution in [1.82, 2.24) is 0 Å². The Kier molecular flexibility index (Phi) is 3.69. The van der Waals surface area contributed by atoms with Crippen LogP contribution >= 0.6 is 27.3 Å². The minimum atomic E-state index is -0.835. The zero-order valence-corrected chi connectivity index (χ0v) is 10.9. The molecule has 1 heterocycles. The van der Waals surface area contributed by atoms with E-state index in [1.165, 1.54) is 11.3 Å². The Balaban J connectivity index is 2.31. The van der Waals surface area contributed by atoms with E-state index in [-0.39, 0.29) is 10.9 Å². The highest BCUT2D eigenvalue weighted by Crippen LogP contribution is 2.21. The molecule has 0 aliphatic heterocycles. The summed E-state index contributed by atoms with van der Waals surface area (Å²) in [5.74, 6) is -2.22. The minimum Gasteiger partial charge on any atom is -0.294 e. The first-order valence-electron chi connectivity index (χ1n) is 4.78. The van der Waals surface area contributed by atoms with Gasteiger partial charge < -0.3 is 0 Å². The molecule has 0 atom stereocenters. The Hall–Kier alpha value is -1.07. The van der Waals surface area contributed by atoms with Crippen molar-refractivity contribution in [2.45, 2.75) is 6.42 Å². The zero-order chi connectivity index (χ0) is 12.4. The number of carbonyl (C=O) groups excluding carboxylic acids is 1. The maximum atomic E-state index is 13.5. The third kappa shape index (κ3) is 2.79. The molecule has 0 amide bonds. The second-order valence-electron chi connectivity index (χ2n) is 3.42. The number of Topliss-reactive ketones (excluding diaryl/α,β-unsaturated/α-hetero) is 1. The number of hydrogen-bond donors (Lipinski definition) is 0. The number of ketones is 1. The molecule has 0 saturated heterocycles. The topological polar surface area (TPSA) is 17.1 Å². The van der Waals surface area contributed by atoms with Crippen molar-refractivity contribution in [3.8, 4) is 0 Å². The Labute approximate surface area is 109 Å². The lowest BCUT2D eigenvalue weighted by Crippen LogP contribution is -2.08. The predicted molar refractivity (Wildman–Crippen MR) is 66.4 cm³/mol. The maximum absolute atomic E-state index is 13.5. The lowest BCUT2D eigenvalue weighted by atomic mass is 10.1. The smallest absolute Gasteiger partial charge is 0.173 e. The summed E-state index contributed by atoms with van der Waals surface area (Å²) in [6, 6.07) is 5.73. The fourth-order valence-corrected chi connectivity index (χ4v) is 2.57. The highest BCUT2D eigenvalue weighted by atomic mass is 79.9. The molecule has 5 heteroatoms. The number of halogens is 3. The molecule has 0 saturated carbocycles. The number of hydrogen-bond acceptors (Lipinski definition) is 2.